The molecule has 25 heavy (non-hydrogen) atoms. The van der Waals surface area contributed by atoms with Crippen LogP contribution in [0.4, 0.5) is 16.2 Å². The topological polar surface area (TPSA) is 106 Å². The Morgan fingerprint density at radius 3 is 3.08 bits per heavy atom. The fourth-order valence-electron chi connectivity index (χ4n) is 3.98. The van der Waals surface area contributed by atoms with E-state index in [1.54, 1.807) is 0 Å². The van der Waals surface area contributed by atoms with Crippen molar-refractivity contribution in [1.82, 2.24) is 14.9 Å². The Labute approximate surface area is 145 Å². The first-order chi connectivity index (χ1) is 12.1. The SMILES string of the molecule is Nc1ccc2c(ncn2C2CCOC2)c1N1CCCC1CNC(=O)O. The van der Waals surface area contributed by atoms with E-state index in [1.807, 2.05) is 18.5 Å². The molecule has 8 nitrogen and oxygen atoms in total. The molecule has 2 aromatic rings. The lowest BCUT2D eigenvalue weighted by Crippen LogP contribution is -2.40. The average molecular weight is 345 g/mol. The van der Waals surface area contributed by atoms with Gasteiger partial charge in [0.05, 0.1) is 35.9 Å². The van der Waals surface area contributed by atoms with E-state index in [9.17, 15) is 4.79 Å². The average Bonchev–Trinajstić information content (AvgIpc) is 3.32. The van der Waals surface area contributed by atoms with Crippen molar-refractivity contribution in [2.75, 3.05) is 36.9 Å². The maximum absolute atomic E-state index is 10.8. The summed E-state index contributed by atoms with van der Waals surface area (Å²) in [5.74, 6) is 0. The smallest absolute Gasteiger partial charge is 0.404 e. The number of amides is 1. The third kappa shape index (κ3) is 2.86. The number of hydrogen-bond acceptors (Lipinski definition) is 5. The number of carbonyl (C=O) groups is 1. The van der Waals surface area contributed by atoms with Gasteiger partial charge in [-0.15, -0.1) is 0 Å². The molecule has 0 aliphatic carbocycles. The van der Waals surface area contributed by atoms with Gasteiger partial charge in [-0.3, -0.25) is 0 Å². The summed E-state index contributed by atoms with van der Waals surface area (Å²) in [6.45, 7) is 2.73. The van der Waals surface area contributed by atoms with Crippen LogP contribution in [0.2, 0.25) is 0 Å². The molecular weight excluding hydrogens is 322 g/mol. The van der Waals surface area contributed by atoms with Gasteiger partial charge in [-0.05, 0) is 31.4 Å². The molecule has 2 saturated heterocycles. The highest BCUT2D eigenvalue weighted by molar-refractivity contribution is 5.96. The summed E-state index contributed by atoms with van der Waals surface area (Å²) in [5, 5.41) is 11.4. The maximum atomic E-state index is 10.8. The predicted molar refractivity (Wildman–Crippen MR) is 95.0 cm³/mol. The molecule has 4 rings (SSSR count). The second-order valence-electron chi connectivity index (χ2n) is 6.72. The molecule has 2 aliphatic rings. The number of nitrogen functional groups attached to an aromatic ring is 1. The predicted octanol–water partition coefficient (Wildman–Crippen LogP) is 1.82. The summed E-state index contributed by atoms with van der Waals surface area (Å²) in [6, 6.07) is 4.35. The van der Waals surface area contributed by atoms with Crippen LogP contribution in [0.25, 0.3) is 11.0 Å². The van der Waals surface area contributed by atoms with Crippen molar-refractivity contribution >= 4 is 28.5 Å². The van der Waals surface area contributed by atoms with E-state index in [4.69, 9.17) is 15.6 Å². The minimum Gasteiger partial charge on any atom is -0.465 e. The zero-order valence-corrected chi connectivity index (χ0v) is 14.0. The summed E-state index contributed by atoms with van der Waals surface area (Å²) in [7, 11) is 0. The van der Waals surface area contributed by atoms with E-state index in [2.05, 4.69) is 19.8 Å². The molecule has 1 amide bonds. The summed E-state index contributed by atoms with van der Waals surface area (Å²) in [4.78, 5) is 17.7. The van der Waals surface area contributed by atoms with E-state index in [0.29, 0.717) is 24.9 Å². The molecule has 1 aromatic carbocycles. The number of aromatic nitrogens is 2. The van der Waals surface area contributed by atoms with Gasteiger partial charge in [0.15, 0.2) is 0 Å². The van der Waals surface area contributed by atoms with Crippen LogP contribution in [0.1, 0.15) is 25.3 Å². The van der Waals surface area contributed by atoms with Crippen LogP contribution >= 0.6 is 0 Å². The highest BCUT2D eigenvalue weighted by atomic mass is 16.5. The largest absolute Gasteiger partial charge is 0.465 e. The first-order valence-electron chi connectivity index (χ1n) is 8.71. The maximum Gasteiger partial charge on any atom is 0.404 e. The number of nitrogens with one attached hydrogen (secondary N) is 1. The standard InChI is InChI=1S/C17H23N5O3/c18-13-3-4-14-15(20-10-22(14)12-5-7-25-9-12)16(13)21-6-1-2-11(21)8-19-17(23)24/h3-4,10-12,19H,1-2,5-9,18H2,(H,23,24). The van der Waals surface area contributed by atoms with Crippen LogP contribution < -0.4 is 16.0 Å². The Morgan fingerprint density at radius 1 is 1.44 bits per heavy atom. The lowest BCUT2D eigenvalue weighted by atomic mass is 10.1. The quantitative estimate of drug-likeness (QED) is 0.730. The lowest BCUT2D eigenvalue weighted by Gasteiger charge is -2.28. The number of anilines is 2. The first-order valence-corrected chi connectivity index (χ1v) is 8.71. The summed E-state index contributed by atoms with van der Waals surface area (Å²) >= 11 is 0. The summed E-state index contributed by atoms with van der Waals surface area (Å²) in [5.41, 5.74) is 9.83. The third-order valence-corrected chi connectivity index (χ3v) is 5.20. The van der Waals surface area contributed by atoms with Gasteiger partial charge in [0, 0.05) is 25.7 Å². The normalized spacial score (nSPS) is 23.4. The molecule has 2 atom stereocenters. The van der Waals surface area contributed by atoms with Crippen molar-refractivity contribution in [3.05, 3.63) is 18.5 Å². The van der Waals surface area contributed by atoms with Crippen LogP contribution in [-0.4, -0.2) is 53.1 Å². The van der Waals surface area contributed by atoms with Gasteiger partial charge in [-0.25, -0.2) is 9.78 Å². The molecule has 0 spiro atoms. The molecule has 0 saturated carbocycles. The van der Waals surface area contributed by atoms with Crippen molar-refractivity contribution in [3.8, 4) is 0 Å². The zero-order valence-electron chi connectivity index (χ0n) is 14.0. The van der Waals surface area contributed by atoms with Crippen LogP contribution in [0.15, 0.2) is 18.5 Å². The first kappa shape index (κ1) is 16.0. The van der Waals surface area contributed by atoms with Gasteiger partial charge < -0.3 is 30.4 Å². The number of nitrogens with zero attached hydrogens (tertiary/aromatic N) is 3. The van der Waals surface area contributed by atoms with E-state index < -0.39 is 6.09 Å². The number of carboxylic acid groups (broad SMARTS) is 1. The van der Waals surface area contributed by atoms with Crippen molar-refractivity contribution in [3.63, 3.8) is 0 Å². The number of ether oxygens (including phenoxy) is 1. The molecule has 2 unspecified atom stereocenters. The molecule has 8 heteroatoms. The van der Waals surface area contributed by atoms with Crippen LogP contribution in [0, 0.1) is 0 Å². The molecule has 3 heterocycles. The lowest BCUT2D eigenvalue weighted by molar-refractivity contribution is 0.187. The Hall–Kier alpha value is -2.48. The van der Waals surface area contributed by atoms with Gasteiger partial charge in [0.25, 0.3) is 0 Å². The number of imidazole rings is 1. The molecule has 1 aromatic heterocycles. The second-order valence-corrected chi connectivity index (χ2v) is 6.72. The Bertz CT molecular complexity index is 784. The Kier molecular flexibility index (Phi) is 4.12. The molecule has 134 valence electrons. The van der Waals surface area contributed by atoms with Crippen LogP contribution in [0.3, 0.4) is 0 Å². The highest BCUT2D eigenvalue weighted by Crippen LogP contribution is 2.37. The van der Waals surface area contributed by atoms with Crippen LogP contribution in [-0.2, 0) is 4.74 Å². The Morgan fingerprint density at radius 2 is 2.32 bits per heavy atom. The van der Waals surface area contributed by atoms with E-state index in [-0.39, 0.29) is 6.04 Å². The van der Waals surface area contributed by atoms with Crippen molar-refractivity contribution in [1.29, 1.82) is 0 Å². The van der Waals surface area contributed by atoms with Crippen LogP contribution in [0.5, 0.6) is 0 Å². The Balaban J connectivity index is 1.70. The summed E-state index contributed by atoms with van der Waals surface area (Å²) < 4.78 is 7.68. The van der Waals surface area contributed by atoms with Gasteiger partial charge >= 0.3 is 6.09 Å². The van der Waals surface area contributed by atoms with Crippen molar-refractivity contribution < 1.29 is 14.6 Å². The molecule has 0 radical (unpaired) electrons. The van der Waals surface area contributed by atoms with Gasteiger partial charge in [0.1, 0.15) is 5.52 Å². The fourth-order valence-corrected chi connectivity index (χ4v) is 3.98. The van der Waals surface area contributed by atoms with Crippen molar-refractivity contribution in [2.24, 2.45) is 0 Å². The minimum atomic E-state index is -0.997. The number of rotatable bonds is 4. The number of fused-ring (bicyclic) bond motifs is 1. The summed E-state index contributed by atoms with van der Waals surface area (Å²) in [6.07, 6.45) is 3.81. The van der Waals surface area contributed by atoms with E-state index in [0.717, 1.165) is 49.1 Å². The molecule has 0 bridgehead atoms. The number of benzene rings is 1. The highest BCUT2D eigenvalue weighted by Gasteiger charge is 2.29. The molecule has 4 N–H and O–H groups in total. The number of hydrogen-bond donors (Lipinski definition) is 3. The molecular formula is C17H23N5O3. The monoisotopic (exact) mass is 345 g/mol. The zero-order chi connectivity index (χ0) is 17.4. The van der Waals surface area contributed by atoms with E-state index in [1.165, 1.54) is 0 Å². The second kappa shape index (κ2) is 6.44. The third-order valence-electron chi connectivity index (χ3n) is 5.20. The molecule has 2 aliphatic heterocycles. The molecule has 2 fully saturated rings. The fraction of sp³-hybridized carbons (Fsp3) is 0.529. The number of nitrogens with two attached hydrogens (primary N) is 1. The van der Waals surface area contributed by atoms with E-state index >= 15 is 0 Å². The van der Waals surface area contributed by atoms with Gasteiger partial charge in [-0.2, -0.15) is 0 Å². The van der Waals surface area contributed by atoms with Gasteiger partial charge in [0.2, 0.25) is 0 Å². The van der Waals surface area contributed by atoms with Gasteiger partial charge in [-0.1, -0.05) is 0 Å². The van der Waals surface area contributed by atoms with Crippen molar-refractivity contribution in [2.45, 2.75) is 31.3 Å². The minimum absolute atomic E-state index is 0.101.